The number of aromatic amines is 1. The summed E-state index contributed by atoms with van der Waals surface area (Å²) in [6.45, 7) is 0. The summed E-state index contributed by atoms with van der Waals surface area (Å²) < 4.78 is 67.2. The number of carbonyl (C=O) groups is 1. The molecule has 2 N–H and O–H groups in total. The van der Waals surface area contributed by atoms with E-state index in [0.29, 0.717) is 18.9 Å². The standard InChI is InChI=1S/C23H21ClF3N3O3S/c24-16-2-1-11(23(31)30-14-9-17(25)21(27)18(26)10-14)8-19(16)34(32,33)15-6-12-5-13(7-15)20(12)22-28-3-4-29-22/h1-4,8-9,12-13,15,18,20H,5-7,10H2,(H,28,29)(H,30,31)/t12?,13?,15-,18?,20-. The third-order valence-electron chi connectivity index (χ3n) is 7.00. The first kappa shape index (κ1) is 23.2. The molecular weight excluding hydrogens is 491 g/mol. The quantitative estimate of drug-likeness (QED) is 0.595. The fraction of sp³-hybridized carbons (Fsp3) is 0.391. The van der Waals surface area contributed by atoms with Crippen molar-refractivity contribution in [1.82, 2.24) is 15.3 Å². The van der Waals surface area contributed by atoms with Crippen LogP contribution in [0.3, 0.4) is 0 Å². The maximum atomic E-state index is 13.6. The van der Waals surface area contributed by atoms with Gasteiger partial charge in [-0.2, -0.15) is 0 Å². The number of allylic oxidation sites excluding steroid dienone is 4. The number of hydrogen-bond acceptors (Lipinski definition) is 4. The van der Waals surface area contributed by atoms with Gasteiger partial charge in [0, 0.05) is 36.0 Å². The summed E-state index contributed by atoms with van der Waals surface area (Å²) in [6.07, 6.45) is 3.32. The van der Waals surface area contributed by atoms with Crippen LogP contribution in [0.15, 0.2) is 58.9 Å². The molecule has 6 rings (SSSR count). The highest BCUT2D eigenvalue weighted by Crippen LogP contribution is 2.57. The van der Waals surface area contributed by atoms with Crippen LogP contribution in [-0.4, -0.2) is 35.7 Å². The van der Waals surface area contributed by atoms with E-state index >= 15 is 0 Å². The summed E-state index contributed by atoms with van der Waals surface area (Å²) >= 11 is 6.22. The maximum absolute atomic E-state index is 13.6. The Bertz CT molecular complexity index is 1300. The highest BCUT2D eigenvalue weighted by Gasteiger charge is 2.52. The molecule has 1 aromatic carbocycles. The van der Waals surface area contributed by atoms with Gasteiger partial charge in [0.25, 0.3) is 5.91 Å². The lowest BCUT2D eigenvalue weighted by Gasteiger charge is -2.51. The van der Waals surface area contributed by atoms with Crippen LogP contribution in [0, 0.1) is 11.8 Å². The first-order valence-corrected chi connectivity index (χ1v) is 12.8. The van der Waals surface area contributed by atoms with Crippen molar-refractivity contribution in [2.75, 3.05) is 0 Å². The lowest BCUT2D eigenvalue weighted by Crippen LogP contribution is -2.47. The van der Waals surface area contributed by atoms with Gasteiger partial charge in [-0.05, 0) is 55.4 Å². The zero-order chi connectivity index (χ0) is 24.2. The minimum atomic E-state index is -3.84. The van der Waals surface area contributed by atoms with E-state index in [4.69, 9.17) is 11.6 Å². The molecule has 6 nitrogen and oxygen atoms in total. The molecule has 4 aliphatic rings. The van der Waals surface area contributed by atoms with Crippen molar-refractivity contribution in [3.63, 3.8) is 0 Å². The largest absolute Gasteiger partial charge is 0.348 e. The zero-order valence-electron chi connectivity index (χ0n) is 17.8. The fourth-order valence-corrected chi connectivity index (χ4v) is 7.78. The zero-order valence-corrected chi connectivity index (χ0v) is 19.3. The van der Waals surface area contributed by atoms with Gasteiger partial charge < -0.3 is 10.3 Å². The summed E-state index contributed by atoms with van der Waals surface area (Å²) in [5.41, 5.74) is -0.184. The predicted octanol–water partition coefficient (Wildman–Crippen LogP) is 4.93. The van der Waals surface area contributed by atoms with E-state index < -0.39 is 45.2 Å². The second-order valence-corrected chi connectivity index (χ2v) is 11.6. The molecule has 0 saturated heterocycles. The van der Waals surface area contributed by atoms with Crippen LogP contribution in [0.25, 0.3) is 0 Å². The molecule has 0 radical (unpaired) electrons. The van der Waals surface area contributed by atoms with Crippen molar-refractivity contribution >= 4 is 27.3 Å². The van der Waals surface area contributed by atoms with E-state index in [1.54, 1.807) is 12.4 Å². The number of fused-ring (bicyclic) bond motifs is 2. The predicted molar refractivity (Wildman–Crippen MR) is 119 cm³/mol. The molecule has 180 valence electrons. The van der Waals surface area contributed by atoms with E-state index in [1.807, 2.05) is 0 Å². The lowest BCUT2D eigenvalue weighted by atomic mass is 9.57. The number of aromatic nitrogens is 2. The van der Waals surface area contributed by atoms with Crippen LogP contribution in [0.2, 0.25) is 5.02 Å². The first-order valence-electron chi connectivity index (χ1n) is 10.9. The first-order chi connectivity index (χ1) is 16.1. The smallest absolute Gasteiger partial charge is 0.255 e. The normalized spacial score (nSPS) is 28.8. The van der Waals surface area contributed by atoms with Crippen LogP contribution < -0.4 is 5.32 Å². The molecule has 3 atom stereocenters. The van der Waals surface area contributed by atoms with E-state index in [-0.39, 0.29) is 38.9 Å². The third kappa shape index (κ3) is 3.96. The van der Waals surface area contributed by atoms with E-state index in [1.165, 1.54) is 18.2 Å². The molecule has 2 aromatic rings. The van der Waals surface area contributed by atoms with Gasteiger partial charge in [-0.3, -0.25) is 4.79 Å². The molecule has 4 aliphatic carbocycles. The monoisotopic (exact) mass is 511 g/mol. The molecule has 1 aromatic heterocycles. The molecule has 1 amide bonds. The summed E-state index contributed by atoms with van der Waals surface area (Å²) in [7, 11) is -3.84. The number of nitrogens with zero attached hydrogens (tertiary/aromatic N) is 1. The number of imidazole rings is 1. The molecular formula is C23H21ClF3N3O3S. The van der Waals surface area contributed by atoms with Crippen molar-refractivity contribution in [2.24, 2.45) is 11.8 Å². The Hall–Kier alpha value is -2.59. The lowest BCUT2D eigenvalue weighted by molar-refractivity contribution is 0.0696. The number of carbonyl (C=O) groups excluding carboxylic acids is 1. The van der Waals surface area contributed by atoms with Gasteiger partial charge in [0.15, 0.2) is 27.7 Å². The topological polar surface area (TPSA) is 91.9 Å². The van der Waals surface area contributed by atoms with Crippen molar-refractivity contribution in [3.05, 3.63) is 70.4 Å². The van der Waals surface area contributed by atoms with Crippen LogP contribution in [0.4, 0.5) is 13.2 Å². The number of alkyl halides is 1. The molecule has 3 unspecified atom stereocenters. The molecule has 34 heavy (non-hydrogen) atoms. The van der Waals surface area contributed by atoms with Crippen molar-refractivity contribution in [2.45, 2.75) is 47.9 Å². The number of amides is 1. The molecule has 0 spiro atoms. The van der Waals surface area contributed by atoms with Crippen molar-refractivity contribution in [3.8, 4) is 0 Å². The SMILES string of the molecule is O=C(NC1=CC(F)=C(F)C(F)C1)c1ccc(Cl)c(S(=O)(=O)[C@H]2CC3CC(C2)[C@H]3c2ncc[nH]2)c1. The van der Waals surface area contributed by atoms with Gasteiger partial charge >= 0.3 is 0 Å². The van der Waals surface area contributed by atoms with Gasteiger partial charge in [0.1, 0.15) is 5.82 Å². The number of hydrogen-bond donors (Lipinski definition) is 2. The Balaban J connectivity index is 1.35. The highest BCUT2D eigenvalue weighted by atomic mass is 35.5. The Kier molecular flexibility index (Phi) is 5.84. The van der Waals surface area contributed by atoms with E-state index in [9.17, 15) is 26.4 Å². The number of rotatable bonds is 5. The van der Waals surface area contributed by atoms with Gasteiger partial charge in [-0.25, -0.2) is 26.6 Å². The second-order valence-electron chi connectivity index (χ2n) is 9.03. The molecule has 2 bridgehead atoms. The van der Waals surface area contributed by atoms with Crippen LogP contribution >= 0.6 is 11.6 Å². The summed E-state index contributed by atoms with van der Waals surface area (Å²) in [5, 5.41) is 1.69. The minimum absolute atomic E-state index is 0.00451. The van der Waals surface area contributed by atoms with Gasteiger partial charge in [-0.1, -0.05) is 11.6 Å². The number of nitrogens with one attached hydrogen (secondary N) is 2. The van der Waals surface area contributed by atoms with Crippen molar-refractivity contribution < 1.29 is 26.4 Å². The highest BCUT2D eigenvalue weighted by molar-refractivity contribution is 7.92. The molecule has 0 aliphatic heterocycles. The Morgan fingerprint density at radius 1 is 1.18 bits per heavy atom. The Labute approximate surface area is 199 Å². The van der Waals surface area contributed by atoms with Gasteiger partial charge in [0.2, 0.25) is 0 Å². The average molecular weight is 512 g/mol. The fourth-order valence-electron chi connectivity index (χ4n) is 5.35. The Morgan fingerprint density at radius 2 is 1.91 bits per heavy atom. The minimum Gasteiger partial charge on any atom is -0.348 e. The summed E-state index contributed by atoms with van der Waals surface area (Å²) in [4.78, 5) is 20.0. The van der Waals surface area contributed by atoms with Crippen LogP contribution in [0.5, 0.6) is 0 Å². The van der Waals surface area contributed by atoms with Gasteiger partial charge in [-0.15, -0.1) is 0 Å². The molecule has 1 heterocycles. The summed E-state index contributed by atoms with van der Waals surface area (Å²) in [6, 6.07) is 3.82. The van der Waals surface area contributed by atoms with Crippen LogP contribution in [0.1, 0.15) is 47.8 Å². The molecule has 3 fully saturated rings. The number of sulfone groups is 1. The van der Waals surface area contributed by atoms with E-state index in [2.05, 4.69) is 15.3 Å². The Morgan fingerprint density at radius 3 is 2.56 bits per heavy atom. The average Bonchev–Trinajstić information content (AvgIpc) is 3.31. The summed E-state index contributed by atoms with van der Waals surface area (Å²) in [5.74, 6) is -2.18. The molecule has 3 saturated carbocycles. The third-order valence-corrected chi connectivity index (χ3v) is 9.66. The maximum Gasteiger partial charge on any atom is 0.255 e. The number of benzene rings is 1. The number of H-pyrrole nitrogens is 1. The van der Waals surface area contributed by atoms with E-state index in [0.717, 1.165) is 12.2 Å². The van der Waals surface area contributed by atoms with Crippen molar-refractivity contribution in [1.29, 1.82) is 0 Å². The van der Waals surface area contributed by atoms with Gasteiger partial charge in [0.05, 0.1) is 15.2 Å². The molecule has 11 heteroatoms. The van der Waals surface area contributed by atoms with Crippen LogP contribution in [-0.2, 0) is 9.84 Å². The second kappa shape index (κ2) is 8.57. The number of halogens is 4.